The summed E-state index contributed by atoms with van der Waals surface area (Å²) in [4.78, 5) is 10.7. The Bertz CT molecular complexity index is 136. The molecule has 0 unspecified atom stereocenters. The van der Waals surface area contributed by atoms with Crippen LogP contribution in [0.4, 0.5) is 0 Å². The molecule has 57 valence electrons. The first kappa shape index (κ1) is 9.21. The minimum absolute atomic E-state index is 0.201. The number of carbonyl (C=O) groups excluding carboxylic acids is 1. The van der Waals surface area contributed by atoms with Crippen LogP contribution >= 0.6 is 0 Å². The van der Waals surface area contributed by atoms with E-state index in [1.54, 1.807) is 0 Å². The highest BCUT2D eigenvalue weighted by Crippen LogP contribution is 1.97. The van der Waals surface area contributed by atoms with Crippen molar-refractivity contribution in [2.24, 2.45) is 0 Å². The van der Waals surface area contributed by atoms with Gasteiger partial charge in [0.2, 0.25) is 0 Å². The van der Waals surface area contributed by atoms with Crippen LogP contribution in [0.15, 0.2) is 11.6 Å². The number of hydrogen-bond donors (Lipinski definition) is 0. The molecule has 0 aromatic heterocycles. The standard InChI is InChI=1S/C8H13O2/c1-4-7(3)6-8(9)10-5-2/h6H,2,4-5H2,1,3H3. The van der Waals surface area contributed by atoms with Crippen molar-refractivity contribution in [3.8, 4) is 0 Å². The molecular weight excluding hydrogens is 128 g/mol. The van der Waals surface area contributed by atoms with Gasteiger partial charge in [-0.25, -0.2) is 4.79 Å². The van der Waals surface area contributed by atoms with Gasteiger partial charge in [-0.3, -0.25) is 0 Å². The van der Waals surface area contributed by atoms with E-state index in [-0.39, 0.29) is 12.6 Å². The van der Waals surface area contributed by atoms with Gasteiger partial charge >= 0.3 is 5.97 Å². The molecule has 0 aliphatic heterocycles. The van der Waals surface area contributed by atoms with Gasteiger partial charge < -0.3 is 4.74 Å². The third-order valence-corrected chi connectivity index (χ3v) is 1.17. The zero-order chi connectivity index (χ0) is 7.98. The maximum absolute atomic E-state index is 10.7. The van der Waals surface area contributed by atoms with Crippen LogP contribution in [0.2, 0.25) is 0 Å². The predicted octanol–water partition coefficient (Wildman–Crippen LogP) is 1.72. The molecular formula is C8H13O2. The van der Waals surface area contributed by atoms with E-state index in [2.05, 4.69) is 11.7 Å². The molecule has 0 N–H and O–H groups in total. The molecule has 0 amide bonds. The van der Waals surface area contributed by atoms with E-state index < -0.39 is 0 Å². The molecule has 2 heteroatoms. The quantitative estimate of drug-likeness (QED) is 0.442. The number of allylic oxidation sites excluding steroid dienone is 1. The van der Waals surface area contributed by atoms with Crippen molar-refractivity contribution in [1.29, 1.82) is 0 Å². The second-order valence-corrected chi connectivity index (χ2v) is 2.01. The zero-order valence-corrected chi connectivity index (χ0v) is 6.52. The van der Waals surface area contributed by atoms with E-state index in [0.29, 0.717) is 0 Å². The first-order chi connectivity index (χ1) is 4.70. The van der Waals surface area contributed by atoms with Crippen molar-refractivity contribution in [2.45, 2.75) is 20.3 Å². The fraction of sp³-hybridized carbons (Fsp3) is 0.500. The Morgan fingerprint density at radius 1 is 1.70 bits per heavy atom. The van der Waals surface area contributed by atoms with Gasteiger partial charge in [-0.05, 0) is 20.3 Å². The molecule has 0 bridgehead atoms. The molecule has 0 saturated carbocycles. The molecule has 0 atom stereocenters. The number of carbonyl (C=O) groups is 1. The lowest BCUT2D eigenvalue weighted by Crippen LogP contribution is -2.00. The number of esters is 1. The van der Waals surface area contributed by atoms with E-state index in [0.717, 1.165) is 12.0 Å². The van der Waals surface area contributed by atoms with E-state index >= 15 is 0 Å². The monoisotopic (exact) mass is 141 g/mol. The Morgan fingerprint density at radius 2 is 2.30 bits per heavy atom. The van der Waals surface area contributed by atoms with Gasteiger partial charge in [0.05, 0.1) is 6.61 Å². The fourth-order valence-corrected chi connectivity index (χ4v) is 0.446. The number of hydrogen-bond acceptors (Lipinski definition) is 2. The highest BCUT2D eigenvalue weighted by atomic mass is 16.5. The largest absolute Gasteiger partial charge is 0.463 e. The van der Waals surface area contributed by atoms with Gasteiger partial charge in [0.25, 0.3) is 0 Å². The van der Waals surface area contributed by atoms with Gasteiger partial charge in [-0.1, -0.05) is 12.5 Å². The second kappa shape index (κ2) is 5.03. The average Bonchev–Trinajstić information content (AvgIpc) is 1.88. The molecule has 10 heavy (non-hydrogen) atoms. The summed E-state index contributed by atoms with van der Waals surface area (Å²) in [7, 11) is 0. The lowest BCUT2D eigenvalue weighted by molar-refractivity contribution is -0.136. The van der Waals surface area contributed by atoms with E-state index in [1.807, 2.05) is 13.8 Å². The molecule has 0 rings (SSSR count). The highest BCUT2D eigenvalue weighted by molar-refractivity contribution is 5.82. The predicted molar refractivity (Wildman–Crippen MR) is 40.4 cm³/mol. The topological polar surface area (TPSA) is 26.3 Å². The van der Waals surface area contributed by atoms with Crippen LogP contribution in [-0.2, 0) is 9.53 Å². The van der Waals surface area contributed by atoms with E-state index in [4.69, 9.17) is 0 Å². The van der Waals surface area contributed by atoms with Gasteiger partial charge in [0, 0.05) is 6.08 Å². The first-order valence-corrected chi connectivity index (χ1v) is 3.33. The van der Waals surface area contributed by atoms with Crippen LogP contribution in [0.25, 0.3) is 0 Å². The highest BCUT2D eigenvalue weighted by Gasteiger charge is 1.94. The molecule has 2 nitrogen and oxygen atoms in total. The molecule has 0 fully saturated rings. The Morgan fingerprint density at radius 3 is 2.70 bits per heavy atom. The summed E-state index contributed by atoms with van der Waals surface area (Å²) in [6, 6.07) is 0. The van der Waals surface area contributed by atoms with Gasteiger partial charge in [0.1, 0.15) is 0 Å². The molecule has 0 spiro atoms. The normalized spacial score (nSPS) is 11.3. The fourth-order valence-electron chi connectivity index (χ4n) is 0.446. The summed E-state index contributed by atoms with van der Waals surface area (Å²) in [6.45, 7) is 7.47. The lowest BCUT2D eigenvalue weighted by Gasteiger charge is -1.96. The van der Waals surface area contributed by atoms with Crippen LogP contribution in [0.1, 0.15) is 20.3 Å². The molecule has 0 aromatic carbocycles. The van der Waals surface area contributed by atoms with Crippen molar-refractivity contribution in [3.63, 3.8) is 0 Å². The van der Waals surface area contributed by atoms with Crippen molar-refractivity contribution in [1.82, 2.24) is 0 Å². The second-order valence-electron chi connectivity index (χ2n) is 2.01. The van der Waals surface area contributed by atoms with Crippen LogP contribution in [-0.4, -0.2) is 12.6 Å². The maximum atomic E-state index is 10.7. The van der Waals surface area contributed by atoms with Crippen LogP contribution in [0.3, 0.4) is 0 Å². The van der Waals surface area contributed by atoms with E-state index in [1.165, 1.54) is 6.08 Å². The van der Waals surface area contributed by atoms with E-state index in [9.17, 15) is 4.79 Å². The SMILES string of the molecule is [CH2]COC(=O)C=C(C)CC. The minimum atomic E-state index is -0.297. The lowest BCUT2D eigenvalue weighted by atomic mass is 10.2. The molecule has 0 aliphatic carbocycles. The van der Waals surface area contributed by atoms with Crippen molar-refractivity contribution >= 4 is 5.97 Å². The number of rotatable bonds is 3. The summed E-state index contributed by atoms with van der Waals surface area (Å²) < 4.78 is 4.59. The van der Waals surface area contributed by atoms with Crippen LogP contribution in [0, 0.1) is 6.92 Å². The van der Waals surface area contributed by atoms with Crippen molar-refractivity contribution in [3.05, 3.63) is 18.6 Å². The van der Waals surface area contributed by atoms with Crippen molar-refractivity contribution < 1.29 is 9.53 Å². The van der Waals surface area contributed by atoms with Crippen LogP contribution < -0.4 is 0 Å². The first-order valence-electron chi connectivity index (χ1n) is 3.33. The smallest absolute Gasteiger partial charge is 0.330 e. The van der Waals surface area contributed by atoms with Gasteiger partial charge in [-0.2, -0.15) is 0 Å². The molecule has 0 heterocycles. The Labute approximate surface area is 61.9 Å². The zero-order valence-electron chi connectivity index (χ0n) is 6.52. The summed E-state index contributed by atoms with van der Waals surface area (Å²) in [6.07, 6.45) is 2.37. The average molecular weight is 141 g/mol. The molecule has 0 aliphatic rings. The summed E-state index contributed by atoms with van der Waals surface area (Å²) >= 11 is 0. The third kappa shape index (κ3) is 4.13. The molecule has 0 saturated heterocycles. The summed E-state index contributed by atoms with van der Waals surface area (Å²) in [5.74, 6) is -0.297. The third-order valence-electron chi connectivity index (χ3n) is 1.17. The summed E-state index contributed by atoms with van der Waals surface area (Å²) in [5.41, 5.74) is 1.03. The maximum Gasteiger partial charge on any atom is 0.330 e. The van der Waals surface area contributed by atoms with Crippen LogP contribution in [0.5, 0.6) is 0 Å². The van der Waals surface area contributed by atoms with Gasteiger partial charge in [-0.15, -0.1) is 0 Å². The summed E-state index contributed by atoms with van der Waals surface area (Å²) in [5, 5.41) is 0. The Hall–Kier alpha value is -0.790. The number of ether oxygens (including phenoxy) is 1. The molecule has 0 aromatic rings. The minimum Gasteiger partial charge on any atom is -0.463 e. The van der Waals surface area contributed by atoms with Gasteiger partial charge in [0.15, 0.2) is 0 Å². The Balaban J connectivity index is 3.75. The Kier molecular flexibility index (Phi) is 4.63. The molecule has 1 radical (unpaired) electrons. The van der Waals surface area contributed by atoms with Crippen molar-refractivity contribution in [2.75, 3.05) is 6.61 Å².